The fourth-order valence-corrected chi connectivity index (χ4v) is 1.63. The molecule has 0 fully saturated rings. The van der Waals surface area contributed by atoms with Gasteiger partial charge >= 0.3 is 5.97 Å². The van der Waals surface area contributed by atoms with E-state index in [1.165, 1.54) is 0 Å². The first-order valence-electron chi connectivity index (χ1n) is 6.93. The van der Waals surface area contributed by atoms with Crippen LogP contribution in [0, 0.1) is 5.92 Å². The number of nitrogens with one attached hydrogen (secondary N) is 1. The highest BCUT2D eigenvalue weighted by Crippen LogP contribution is 2.06. The third-order valence-corrected chi connectivity index (χ3v) is 2.96. The van der Waals surface area contributed by atoms with Crippen LogP contribution in [-0.4, -0.2) is 28.8 Å². The molecule has 0 rings (SSSR count). The van der Waals surface area contributed by atoms with E-state index in [1.807, 2.05) is 6.92 Å². The molecule has 0 spiro atoms. The van der Waals surface area contributed by atoms with E-state index in [1.54, 1.807) is 13.8 Å². The van der Waals surface area contributed by atoms with Crippen LogP contribution < -0.4 is 5.32 Å². The van der Waals surface area contributed by atoms with Crippen molar-refractivity contribution in [1.29, 1.82) is 0 Å². The molecule has 0 unspecified atom stereocenters. The predicted molar refractivity (Wildman–Crippen MR) is 72.8 cm³/mol. The Kier molecular flexibility index (Phi) is 8.83. The van der Waals surface area contributed by atoms with Crippen LogP contribution in [0.4, 0.5) is 0 Å². The van der Waals surface area contributed by atoms with Crippen LogP contribution >= 0.6 is 0 Å². The minimum Gasteiger partial charge on any atom is -0.480 e. The monoisotopic (exact) mass is 271 g/mol. The van der Waals surface area contributed by atoms with Crippen LogP contribution in [0.15, 0.2) is 0 Å². The number of hydrogen-bond donors (Lipinski definition) is 2. The van der Waals surface area contributed by atoms with Crippen molar-refractivity contribution in [3.05, 3.63) is 0 Å². The maximum absolute atomic E-state index is 11.6. The molecular formula is C14H25NO4. The number of rotatable bonds is 10. The van der Waals surface area contributed by atoms with Crippen molar-refractivity contribution in [2.24, 2.45) is 5.92 Å². The van der Waals surface area contributed by atoms with Gasteiger partial charge in [-0.2, -0.15) is 0 Å². The van der Waals surface area contributed by atoms with Crippen LogP contribution in [-0.2, 0) is 14.4 Å². The van der Waals surface area contributed by atoms with Gasteiger partial charge in [-0.15, -0.1) is 0 Å². The highest BCUT2D eigenvalue weighted by molar-refractivity contribution is 5.85. The van der Waals surface area contributed by atoms with Gasteiger partial charge in [0.1, 0.15) is 11.8 Å². The summed E-state index contributed by atoms with van der Waals surface area (Å²) in [5, 5.41) is 11.5. The molecule has 0 aromatic carbocycles. The number of unbranched alkanes of at least 4 members (excludes halogenated alkanes) is 2. The Labute approximate surface area is 114 Å². The minimum absolute atomic E-state index is 0.0199. The molecule has 5 nitrogen and oxygen atoms in total. The molecule has 0 aromatic rings. The lowest BCUT2D eigenvalue weighted by molar-refractivity contribution is -0.142. The zero-order valence-corrected chi connectivity index (χ0v) is 12.1. The fourth-order valence-electron chi connectivity index (χ4n) is 1.63. The summed E-state index contributed by atoms with van der Waals surface area (Å²) in [5.41, 5.74) is 0. The summed E-state index contributed by atoms with van der Waals surface area (Å²) in [5.74, 6) is -1.42. The number of Topliss-reactive ketones (excluding diaryl/α,β-unsaturated/α-hetero) is 1. The molecule has 5 heteroatoms. The van der Waals surface area contributed by atoms with E-state index in [4.69, 9.17) is 5.11 Å². The molecule has 19 heavy (non-hydrogen) atoms. The van der Waals surface area contributed by atoms with Gasteiger partial charge in [-0.1, -0.05) is 33.6 Å². The molecule has 0 aliphatic rings. The summed E-state index contributed by atoms with van der Waals surface area (Å²) in [7, 11) is 0. The number of amides is 1. The molecule has 0 saturated heterocycles. The smallest absolute Gasteiger partial charge is 0.326 e. The van der Waals surface area contributed by atoms with Crippen LogP contribution in [0.25, 0.3) is 0 Å². The number of hydrogen-bond acceptors (Lipinski definition) is 3. The number of aliphatic carboxylic acids is 1. The fraction of sp³-hybridized carbons (Fsp3) is 0.786. The normalized spacial score (nSPS) is 12.2. The summed E-state index contributed by atoms with van der Waals surface area (Å²) in [6.07, 6.45) is 3.42. The van der Waals surface area contributed by atoms with Gasteiger partial charge in [0.25, 0.3) is 0 Å². The Hall–Kier alpha value is -1.39. The van der Waals surface area contributed by atoms with Gasteiger partial charge in [0.05, 0.1) is 0 Å². The number of carboxylic acids is 1. The van der Waals surface area contributed by atoms with Crippen molar-refractivity contribution in [1.82, 2.24) is 5.32 Å². The number of carboxylic acid groups (broad SMARTS) is 1. The third-order valence-electron chi connectivity index (χ3n) is 2.96. The Morgan fingerprint density at radius 3 is 2.21 bits per heavy atom. The highest BCUT2D eigenvalue weighted by atomic mass is 16.4. The van der Waals surface area contributed by atoms with Crippen molar-refractivity contribution in [2.75, 3.05) is 0 Å². The van der Waals surface area contributed by atoms with Crippen molar-refractivity contribution >= 4 is 17.7 Å². The van der Waals surface area contributed by atoms with E-state index in [0.29, 0.717) is 6.42 Å². The van der Waals surface area contributed by atoms with Gasteiger partial charge in [0.15, 0.2) is 0 Å². The van der Waals surface area contributed by atoms with E-state index in [2.05, 4.69) is 5.32 Å². The zero-order valence-electron chi connectivity index (χ0n) is 12.1. The Morgan fingerprint density at radius 2 is 1.74 bits per heavy atom. The summed E-state index contributed by atoms with van der Waals surface area (Å²) >= 11 is 0. The van der Waals surface area contributed by atoms with Crippen molar-refractivity contribution in [3.63, 3.8) is 0 Å². The largest absolute Gasteiger partial charge is 0.480 e. The van der Waals surface area contributed by atoms with Gasteiger partial charge in [-0.3, -0.25) is 9.59 Å². The summed E-state index contributed by atoms with van der Waals surface area (Å²) < 4.78 is 0. The zero-order chi connectivity index (χ0) is 14.8. The van der Waals surface area contributed by atoms with Gasteiger partial charge in [0.2, 0.25) is 5.91 Å². The topological polar surface area (TPSA) is 83.5 Å². The molecule has 0 radical (unpaired) electrons. The molecule has 0 heterocycles. The number of ketones is 1. The van der Waals surface area contributed by atoms with Crippen LogP contribution in [0.1, 0.15) is 59.3 Å². The van der Waals surface area contributed by atoms with Crippen molar-refractivity contribution in [2.45, 2.75) is 65.3 Å². The Bertz CT molecular complexity index is 313. The van der Waals surface area contributed by atoms with E-state index < -0.39 is 12.0 Å². The Morgan fingerprint density at radius 1 is 1.11 bits per heavy atom. The molecule has 0 bridgehead atoms. The summed E-state index contributed by atoms with van der Waals surface area (Å²) in [6, 6.07) is -0.961. The van der Waals surface area contributed by atoms with Crippen LogP contribution in [0.5, 0.6) is 0 Å². The second kappa shape index (κ2) is 9.53. The SMILES string of the molecule is CCCCCC(=O)N[C@@H](CCC(=O)C(C)C)C(=O)O. The first-order chi connectivity index (χ1) is 8.88. The van der Waals surface area contributed by atoms with E-state index in [-0.39, 0.29) is 30.4 Å². The van der Waals surface area contributed by atoms with E-state index in [0.717, 1.165) is 19.3 Å². The Balaban J connectivity index is 4.15. The molecule has 0 aliphatic heterocycles. The summed E-state index contributed by atoms with van der Waals surface area (Å²) in [4.78, 5) is 34.0. The number of carbonyl (C=O) groups is 3. The first-order valence-corrected chi connectivity index (χ1v) is 6.93. The molecule has 0 saturated carbocycles. The maximum atomic E-state index is 11.6. The average Bonchev–Trinajstić information content (AvgIpc) is 2.33. The maximum Gasteiger partial charge on any atom is 0.326 e. The third kappa shape index (κ3) is 8.35. The average molecular weight is 271 g/mol. The van der Waals surface area contributed by atoms with Crippen LogP contribution in [0.2, 0.25) is 0 Å². The lowest BCUT2D eigenvalue weighted by Gasteiger charge is -2.14. The minimum atomic E-state index is -1.08. The second-order valence-corrected chi connectivity index (χ2v) is 5.08. The number of carbonyl (C=O) groups excluding carboxylic acids is 2. The quantitative estimate of drug-likeness (QED) is 0.596. The lowest BCUT2D eigenvalue weighted by atomic mass is 10.0. The molecule has 0 aromatic heterocycles. The van der Waals surface area contributed by atoms with Crippen molar-refractivity contribution in [3.8, 4) is 0 Å². The standard InChI is InChI=1S/C14H25NO4/c1-4-5-6-7-13(17)15-11(14(18)19)8-9-12(16)10(2)3/h10-11H,4-9H2,1-3H3,(H,15,17)(H,18,19)/t11-/m0/s1. The predicted octanol–water partition coefficient (Wildman–Crippen LogP) is 2.14. The summed E-state index contributed by atoms with van der Waals surface area (Å²) in [6.45, 7) is 5.60. The first kappa shape index (κ1) is 17.6. The molecule has 1 amide bonds. The van der Waals surface area contributed by atoms with Gasteiger partial charge in [-0.05, 0) is 12.8 Å². The molecule has 110 valence electrons. The second-order valence-electron chi connectivity index (χ2n) is 5.08. The van der Waals surface area contributed by atoms with Crippen molar-refractivity contribution < 1.29 is 19.5 Å². The molecule has 1 atom stereocenters. The van der Waals surface area contributed by atoms with Crippen LogP contribution in [0.3, 0.4) is 0 Å². The van der Waals surface area contributed by atoms with Gasteiger partial charge in [-0.25, -0.2) is 4.79 Å². The molecule has 0 aliphatic carbocycles. The van der Waals surface area contributed by atoms with Gasteiger partial charge < -0.3 is 10.4 Å². The molecular weight excluding hydrogens is 246 g/mol. The van der Waals surface area contributed by atoms with E-state index >= 15 is 0 Å². The molecule has 2 N–H and O–H groups in total. The lowest BCUT2D eigenvalue weighted by Crippen LogP contribution is -2.41. The van der Waals surface area contributed by atoms with Gasteiger partial charge in [0, 0.05) is 18.8 Å². The highest BCUT2D eigenvalue weighted by Gasteiger charge is 2.21. The van der Waals surface area contributed by atoms with E-state index in [9.17, 15) is 14.4 Å².